The zero-order valence-electron chi connectivity index (χ0n) is 9.27. The summed E-state index contributed by atoms with van der Waals surface area (Å²) < 4.78 is 0. The van der Waals surface area contributed by atoms with E-state index in [1.807, 2.05) is 12.1 Å². The second kappa shape index (κ2) is 5.56. The minimum absolute atomic E-state index is 0.0384. The molecule has 4 heteroatoms. The molecule has 15 heavy (non-hydrogen) atoms. The van der Waals surface area contributed by atoms with Gasteiger partial charge in [0.2, 0.25) is 0 Å². The molecule has 1 heterocycles. The lowest BCUT2D eigenvalue weighted by molar-refractivity contribution is 0.259. The molecule has 0 aromatic carbocycles. The molecule has 4 N–H and O–H groups in total. The topological polar surface area (TPSA) is 71.2 Å². The minimum atomic E-state index is 0.0384. The van der Waals surface area contributed by atoms with Crippen molar-refractivity contribution in [3.63, 3.8) is 0 Å². The van der Waals surface area contributed by atoms with Crippen LogP contribution in [0.25, 0.3) is 0 Å². The highest BCUT2D eigenvalue weighted by Crippen LogP contribution is 2.17. The molecule has 1 rings (SSSR count). The van der Waals surface area contributed by atoms with E-state index < -0.39 is 0 Å². The van der Waals surface area contributed by atoms with Crippen molar-refractivity contribution in [1.82, 2.24) is 4.98 Å². The van der Waals surface area contributed by atoms with E-state index in [1.54, 1.807) is 6.20 Å². The standard InChI is InChI=1S/C11H19N3O/c1-8(2)6-9(7-15)14-10-4-3-5-13-11(10)12/h3-5,8-9,14-15H,6-7H2,1-2H3,(H2,12,13). The van der Waals surface area contributed by atoms with E-state index in [9.17, 15) is 5.11 Å². The molecule has 0 radical (unpaired) electrons. The molecule has 0 bridgehead atoms. The molecule has 1 unspecified atom stereocenters. The molecule has 1 aromatic rings. The van der Waals surface area contributed by atoms with Crippen molar-refractivity contribution in [1.29, 1.82) is 0 Å². The SMILES string of the molecule is CC(C)CC(CO)Nc1cccnc1N. The summed E-state index contributed by atoms with van der Waals surface area (Å²) in [5, 5.41) is 12.4. The molecule has 1 atom stereocenters. The van der Waals surface area contributed by atoms with E-state index in [4.69, 9.17) is 5.73 Å². The zero-order chi connectivity index (χ0) is 11.3. The number of hydrogen-bond acceptors (Lipinski definition) is 4. The second-order valence-electron chi connectivity index (χ2n) is 4.09. The van der Waals surface area contributed by atoms with Crippen LogP contribution in [-0.4, -0.2) is 22.7 Å². The van der Waals surface area contributed by atoms with E-state index in [0.717, 1.165) is 12.1 Å². The van der Waals surface area contributed by atoms with Crippen molar-refractivity contribution in [2.24, 2.45) is 5.92 Å². The molecule has 0 aliphatic rings. The zero-order valence-corrected chi connectivity index (χ0v) is 9.27. The van der Waals surface area contributed by atoms with Crippen LogP contribution in [0.1, 0.15) is 20.3 Å². The maximum atomic E-state index is 9.20. The van der Waals surface area contributed by atoms with Crippen LogP contribution in [0.5, 0.6) is 0 Å². The first-order valence-electron chi connectivity index (χ1n) is 5.21. The number of aromatic nitrogens is 1. The van der Waals surface area contributed by atoms with Crippen LogP contribution in [-0.2, 0) is 0 Å². The van der Waals surface area contributed by atoms with Crippen LogP contribution in [0.3, 0.4) is 0 Å². The number of nitrogens with one attached hydrogen (secondary N) is 1. The first kappa shape index (κ1) is 11.8. The Morgan fingerprint density at radius 2 is 2.27 bits per heavy atom. The fourth-order valence-electron chi connectivity index (χ4n) is 1.51. The van der Waals surface area contributed by atoms with Crippen molar-refractivity contribution in [2.75, 3.05) is 17.7 Å². The number of nitrogens with two attached hydrogens (primary N) is 1. The number of aliphatic hydroxyl groups is 1. The van der Waals surface area contributed by atoms with Crippen LogP contribution in [0.4, 0.5) is 11.5 Å². The highest BCUT2D eigenvalue weighted by atomic mass is 16.3. The molecule has 0 aliphatic carbocycles. The van der Waals surface area contributed by atoms with Crippen LogP contribution in [0.15, 0.2) is 18.3 Å². The van der Waals surface area contributed by atoms with E-state index >= 15 is 0 Å². The van der Waals surface area contributed by atoms with Crippen LogP contribution in [0.2, 0.25) is 0 Å². The summed E-state index contributed by atoms with van der Waals surface area (Å²) in [4.78, 5) is 3.98. The number of pyridine rings is 1. The van der Waals surface area contributed by atoms with Gasteiger partial charge in [0.15, 0.2) is 0 Å². The fourth-order valence-corrected chi connectivity index (χ4v) is 1.51. The van der Waals surface area contributed by atoms with Gasteiger partial charge in [-0.1, -0.05) is 13.8 Å². The van der Waals surface area contributed by atoms with Crippen molar-refractivity contribution < 1.29 is 5.11 Å². The van der Waals surface area contributed by atoms with Gasteiger partial charge in [-0.15, -0.1) is 0 Å². The fraction of sp³-hybridized carbons (Fsp3) is 0.545. The van der Waals surface area contributed by atoms with E-state index in [1.165, 1.54) is 0 Å². The van der Waals surface area contributed by atoms with Gasteiger partial charge >= 0.3 is 0 Å². The molecular formula is C11H19N3O. The number of anilines is 2. The Morgan fingerprint density at radius 3 is 2.80 bits per heavy atom. The third kappa shape index (κ3) is 3.75. The van der Waals surface area contributed by atoms with Gasteiger partial charge < -0.3 is 16.2 Å². The number of hydrogen-bond donors (Lipinski definition) is 3. The number of nitrogen functional groups attached to an aromatic ring is 1. The van der Waals surface area contributed by atoms with Crippen molar-refractivity contribution in [2.45, 2.75) is 26.3 Å². The first-order chi connectivity index (χ1) is 7.13. The van der Waals surface area contributed by atoms with Crippen molar-refractivity contribution in [3.05, 3.63) is 18.3 Å². The maximum absolute atomic E-state index is 9.20. The third-order valence-electron chi connectivity index (χ3n) is 2.17. The molecule has 0 aliphatic heterocycles. The highest BCUT2D eigenvalue weighted by molar-refractivity contribution is 5.61. The monoisotopic (exact) mass is 209 g/mol. The Hall–Kier alpha value is -1.29. The van der Waals surface area contributed by atoms with Gasteiger partial charge in [-0.25, -0.2) is 4.98 Å². The third-order valence-corrected chi connectivity index (χ3v) is 2.17. The van der Waals surface area contributed by atoms with Gasteiger partial charge in [-0.05, 0) is 24.5 Å². The van der Waals surface area contributed by atoms with Gasteiger partial charge in [0.1, 0.15) is 5.82 Å². The Bertz CT molecular complexity index is 302. The average molecular weight is 209 g/mol. The Labute approximate surface area is 90.5 Å². The van der Waals surface area contributed by atoms with Crippen LogP contribution < -0.4 is 11.1 Å². The van der Waals surface area contributed by atoms with Gasteiger partial charge in [-0.2, -0.15) is 0 Å². The normalized spacial score (nSPS) is 12.8. The number of aliphatic hydroxyl groups excluding tert-OH is 1. The predicted octanol–water partition coefficient (Wildman–Crippen LogP) is 1.48. The molecule has 1 aromatic heterocycles. The lowest BCUT2D eigenvalue weighted by atomic mass is 10.0. The van der Waals surface area contributed by atoms with Gasteiger partial charge in [0, 0.05) is 12.2 Å². The summed E-state index contributed by atoms with van der Waals surface area (Å²) >= 11 is 0. The summed E-state index contributed by atoms with van der Waals surface area (Å²) in [7, 11) is 0. The van der Waals surface area contributed by atoms with E-state index in [-0.39, 0.29) is 12.6 Å². The Kier molecular flexibility index (Phi) is 4.37. The van der Waals surface area contributed by atoms with E-state index in [0.29, 0.717) is 11.7 Å². The van der Waals surface area contributed by atoms with Crippen LogP contribution in [0, 0.1) is 5.92 Å². The quantitative estimate of drug-likeness (QED) is 0.687. The lowest BCUT2D eigenvalue weighted by Crippen LogP contribution is -2.26. The molecule has 84 valence electrons. The maximum Gasteiger partial charge on any atom is 0.146 e. The number of nitrogens with zero attached hydrogens (tertiary/aromatic N) is 1. The van der Waals surface area contributed by atoms with Crippen molar-refractivity contribution >= 4 is 11.5 Å². The summed E-state index contributed by atoms with van der Waals surface area (Å²) in [6.45, 7) is 4.35. The minimum Gasteiger partial charge on any atom is -0.394 e. The smallest absolute Gasteiger partial charge is 0.146 e. The number of rotatable bonds is 5. The van der Waals surface area contributed by atoms with Gasteiger partial charge in [0.25, 0.3) is 0 Å². The molecule has 4 nitrogen and oxygen atoms in total. The largest absolute Gasteiger partial charge is 0.394 e. The van der Waals surface area contributed by atoms with Gasteiger partial charge in [-0.3, -0.25) is 0 Å². The first-order valence-corrected chi connectivity index (χ1v) is 5.21. The summed E-state index contributed by atoms with van der Waals surface area (Å²) in [6.07, 6.45) is 2.56. The van der Waals surface area contributed by atoms with E-state index in [2.05, 4.69) is 24.1 Å². The summed E-state index contributed by atoms with van der Waals surface area (Å²) in [5.41, 5.74) is 6.49. The molecule has 0 amide bonds. The highest BCUT2D eigenvalue weighted by Gasteiger charge is 2.10. The predicted molar refractivity (Wildman–Crippen MR) is 62.6 cm³/mol. The lowest BCUT2D eigenvalue weighted by Gasteiger charge is -2.19. The summed E-state index contributed by atoms with van der Waals surface area (Å²) in [5.74, 6) is 1.01. The van der Waals surface area contributed by atoms with Crippen molar-refractivity contribution in [3.8, 4) is 0 Å². The Morgan fingerprint density at radius 1 is 1.53 bits per heavy atom. The molecular weight excluding hydrogens is 190 g/mol. The average Bonchev–Trinajstić information content (AvgIpc) is 2.19. The molecule has 0 fully saturated rings. The van der Waals surface area contributed by atoms with Gasteiger partial charge in [0.05, 0.1) is 12.3 Å². The summed E-state index contributed by atoms with van der Waals surface area (Å²) in [6, 6.07) is 3.73. The second-order valence-corrected chi connectivity index (χ2v) is 4.09. The molecule has 0 saturated carbocycles. The Balaban J connectivity index is 2.62. The molecule has 0 spiro atoms. The molecule has 0 saturated heterocycles. The van der Waals surface area contributed by atoms with Crippen LogP contribution >= 0.6 is 0 Å².